The molecule has 194 valence electrons. The first-order chi connectivity index (χ1) is 18.3. The van der Waals surface area contributed by atoms with Crippen molar-refractivity contribution in [1.82, 2.24) is 9.58 Å². The minimum Gasteiger partial charge on any atom is -0.502 e. The highest BCUT2D eigenvalue weighted by molar-refractivity contribution is 7.99. The predicted molar refractivity (Wildman–Crippen MR) is 141 cm³/mol. The number of pyridine rings is 1. The van der Waals surface area contributed by atoms with Crippen molar-refractivity contribution in [1.29, 1.82) is 0 Å². The third kappa shape index (κ3) is 3.28. The van der Waals surface area contributed by atoms with E-state index in [1.54, 1.807) is 22.3 Å². The summed E-state index contributed by atoms with van der Waals surface area (Å²) in [5.74, 6) is -2.74. The van der Waals surface area contributed by atoms with E-state index in [4.69, 9.17) is 4.74 Å². The van der Waals surface area contributed by atoms with Crippen molar-refractivity contribution in [3.05, 3.63) is 91.7 Å². The molecular weight excluding hydrogens is 532 g/mol. The van der Waals surface area contributed by atoms with Gasteiger partial charge >= 0.3 is 0 Å². The normalized spacial score (nSPS) is 20.6. The van der Waals surface area contributed by atoms with Crippen LogP contribution < -0.4 is 10.4 Å². The van der Waals surface area contributed by atoms with E-state index in [-0.39, 0.29) is 30.2 Å². The van der Waals surface area contributed by atoms with Crippen molar-refractivity contribution in [3.8, 4) is 5.75 Å². The summed E-state index contributed by atoms with van der Waals surface area (Å²) < 4.78 is 38.2. The summed E-state index contributed by atoms with van der Waals surface area (Å²) in [7, 11) is 0. The molecule has 2 atom stereocenters. The van der Waals surface area contributed by atoms with E-state index in [1.165, 1.54) is 28.7 Å². The van der Waals surface area contributed by atoms with Gasteiger partial charge in [-0.05, 0) is 35.6 Å². The number of aryl methyl sites for hydroxylation is 1. The molecule has 1 N–H and O–H groups in total. The fourth-order valence-corrected chi connectivity index (χ4v) is 8.17. The molecule has 0 radical (unpaired) electrons. The molecule has 0 aliphatic carbocycles. The number of thiophene rings is 1. The van der Waals surface area contributed by atoms with Crippen LogP contribution in [0.15, 0.2) is 52.3 Å². The number of halogens is 2. The molecule has 7 rings (SSSR count). The lowest BCUT2D eigenvalue weighted by atomic mass is 9.92. The Balaban J connectivity index is 1.57. The summed E-state index contributed by atoms with van der Waals surface area (Å²) in [5, 5.41) is 13.7. The highest BCUT2D eigenvalue weighted by Crippen LogP contribution is 2.48. The lowest BCUT2D eigenvalue weighted by molar-refractivity contribution is -0.0197. The molecule has 0 bridgehead atoms. The summed E-state index contributed by atoms with van der Waals surface area (Å²) in [6, 6.07) is 9.34. The number of rotatable bonds is 1. The lowest BCUT2D eigenvalue weighted by Crippen LogP contribution is -2.66. The van der Waals surface area contributed by atoms with Gasteiger partial charge in [-0.2, -0.15) is 0 Å². The van der Waals surface area contributed by atoms with Gasteiger partial charge in [-0.15, -0.1) is 23.1 Å². The molecule has 2 aromatic heterocycles. The van der Waals surface area contributed by atoms with Crippen molar-refractivity contribution in [2.24, 2.45) is 0 Å². The second-order valence-corrected chi connectivity index (χ2v) is 11.8. The second kappa shape index (κ2) is 8.55. The van der Waals surface area contributed by atoms with Crippen LogP contribution >= 0.6 is 23.1 Å². The molecular formula is C27H21F2N3O4S2. The Labute approximate surface area is 223 Å². The van der Waals surface area contributed by atoms with E-state index in [9.17, 15) is 19.1 Å². The van der Waals surface area contributed by atoms with Gasteiger partial charge in [0.05, 0.1) is 19.3 Å². The average Bonchev–Trinajstić information content (AvgIpc) is 3.21. The van der Waals surface area contributed by atoms with Crippen LogP contribution in [0.5, 0.6) is 5.75 Å². The van der Waals surface area contributed by atoms with E-state index in [0.29, 0.717) is 12.2 Å². The minimum atomic E-state index is -0.927. The fraction of sp³-hybridized carbons (Fsp3) is 0.259. The Morgan fingerprint density at radius 2 is 1.92 bits per heavy atom. The highest BCUT2D eigenvalue weighted by Gasteiger charge is 2.46. The number of hydrogen-bond acceptors (Lipinski definition) is 7. The van der Waals surface area contributed by atoms with Crippen LogP contribution in [0.25, 0.3) is 10.1 Å². The van der Waals surface area contributed by atoms with Gasteiger partial charge in [-0.25, -0.2) is 8.78 Å². The highest BCUT2D eigenvalue weighted by atomic mass is 32.2. The third-order valence-corrected chi connectivity index (χ3v) is 9.79. The molecule has 11 heteroatoms. The first kappa shape index (κ1) is 23.7. The fourth-order valence-electron chi connectivity index (χ4n) is 5.72. The monoisotopic (exact) mass is 553 g/mol. The minimum absolute atomic E-state index is 0.161. The summed E-state index contributed by atoms with van der Waals surface area (Å²) in [6.07, 6.45) is 0.833. The first-order valence-corrected chi connectivity index (χ1v) is 13.9. The zero-order valence-electron chi connectivity index (χ0n) is 20.1. The van der Waals surface area contributed by atoms with Crippen LogP contribution in [0.3, 0.4) is 0 Å². The zero-order chi connectivity index (χ0) is 26.3. The number of aromatic hydroxyl groups is 1. The largest absolute Gasteiger partial charge is 0.502 e. The van der Waals surface area contributed by atoms with Gasteiger partial charge in [0.2, 0.25) is 5.43 Å². The number of aromatic nitrogens is 1. The van der Waals surface area contributed by atoms with Crippen LogP contribution in [0.2, 0.25) is 0 Å². The number of carbonyl (C=O) groups is 1. The van der Waals surface area contributed by atoms with Crippen molar-refractivity contribution >= 4 is 39.1 Å². The van der Waals surface area contributed by atoms with E-state index >= 15 is 4.39 Å². The van der Waals surface area contributed by atoms with Crippen LogP contribution in [0.1, 0.15) is 38.1 Å². The Hall–Kier alpha value is -3.41. The van der Waals surface area contributed by atoms with Crippen LogP contribution in [0, 0.1) is 18.6 Å². The lowest BCUT2D eigenvalue weighted by Gasteiger charge is -2.51. The van der Waals surface area contributed by atoms with Crippen molar-refractivity contribution in [2.75, 3.05) is 24.8 Å². The molecule has 0 spiro atoms. The Kier molecular flexibility index (Phi) is 5.33. The number of carbonyl (C=O) groups excluding carboxylic acids is 1. The van der Waals surface area contributed by atoms with Gasteiger partial charge in [0.1, 0.15) is 6.17 Å². The molecule has 2 aromatic carbocycles. The average molecular weight is 554 g/mol. The SMILES string of the molecule is Cc1cc2ccc3c(c2s1)SCc1c(ccc(F)c1F)[C@@H]3N1C2COCCN2C(=O)c2c(O)c(=O)ccn21. The van der Waals surface area contributed by atoms with Crippen molar-refractivity contribution in [2.45, 2.75) is 29.8 Å². The molecule has 1 fully saturated rings. The van der Waals surface area contributed by atoms with Crippen LogP contribution in [0.4, 0.5) is 8.78 Å². The van der Waals surface area contributed by atoms with Gasteiger partial charge in [0.25, 0.3) is 5.91 Å². The first-order valence-electron chi connectivity index (χ1n) is 12.1. The molecule has 4 aromatic rings. The topological polar surface area (TPSA) is 75.0 Å². The maximum Gasteiger partial charge on any atom is 0.278 e. The summed E-state index contributed by atoms with van der Waals surface area (Å²) in [5.41, 5.74) is 0.818. The smallest absolute Gasteiger partial charge is 0.278 e. The number of benzene rings is 2. The maximum atomic E-state index is 15.4. The number of fused-ring (bicyclic) bond motifs is 6. The Morgan fingerprint density at radius 3 is 2.76 bits per heavy atom. The molecule has 1 saturated heterocycles. The number of hydrogen-bond donors (Lipinski definition) is 1. The number of ether oxygens (including phenoxy) is 1. The second-order valence-electron chi connectivity index (χ2n) is 9.54. The van der Waals surface area contributed by atoms with E-state index < -0.39 is 40.9 Å². The summed E-state index contributed by atoms with van der Waals surface area (Å²) in [6.45, 7) is 2.75. The molecule has 3 aliphatic heterocycles. The third-order valence-electron chi connectivity index (χ3n) is 7.42. The van der Waals surface area contributed by atoms with Crippen molar-refractivity contribution < 1.29 is 23.4 Å². The van der Waals surface area contributed by atoms with Crippen LogP contribution in [-0.2, 0) is 10.5 Å². The number of morpholine rings is 1. The van der Waals surface area contributed by atoms with Gasteiger partial charge in [-0.1, -0.05) is 18.2 Å². The number of amides is 1. The van der Waals surface area contributed by atoms with Gasteiger partial charge in [-0.3, -0.25) is 19.3 Å². The molecule has 7 nitrogen and oxygen atoms in total. The molecule has 1 unspecified atom stereocenters. The van der Waals surface area contributed by atoms with E-state index in [1.807, 2.05) is 24.1 Å². The van der Waals surface area contributed by atoms with Crippen LogP contribution in [-0.4, -0.2) is 46.5 Å². The maximum absolute atomic E-state index is 15.4. The molecule has 0 saturated carbocycles. The standard InChI is InChI=1S/C27H21F2N3O4S2/c1-13-10-14-2-3-16-22(15-4-5-18(28)21(29)17(15)12-37-26(16)25(14)38-13)32-20-11-36-9-8-30(20)27(35)23-24(34)19(33)6-7-31(23)32/h2-7,10,20,22,34H,8-9,11-12H2,1H3/t20?,22-/m0/s1. The molecule has 1 amide bonds. The summed E-state index contributed by atoms with van der Waals surface area (Å²) >= 11 is 3.10. The number of thioether (sulfide) groups is 1. The van der Waals surface area contributed by atoms with E-state index in [2.05, 4.69) is 6.07 Å². The zero-order valence-corrected chi connectivity index (χ0v) is 21.7. The quantitative estimate of drug-likeness (QED) is 0.374. The van der Waals surface area contributed by atoms with Gasteiger partial charge < -0.3 is 14.7 Å². The van der Waals surface area contributed by atoms with Crippen molar-refractivity contribution in [3.63, 3.8) is 0 Å². The van der Waals surface area contributed by atoms with Gasteiger partial charge in [0.15, 0.2) is 23.1 Å². The number of nitrogens with zero attached hydrogens (tertiary/aromatic N) is 3. The molecule has 3 aliphatic rings. The Morgan fingerprint density at radius 1 is 1.11 bits per heavy atom. The molecule has 5 heterocycles. The molecule has 38 heavy (non-hydrogen) atoms. The van der Waals surface area contributed by atoms with Gasteiger partial charge in [0, 0.05) is 44.6 Å². The Bertz CT molecular complexity index is 1720. The summed E-state index contributed by atoms with van der Waals surface area (Å²) in [4.78, 5) is 29.5. The predicted octanol–water partition coefficient (Wildman–Crippen LogP) is 4.50. The van der Waals surface area contributed by atoms with E-state index in [0.717, 1.165) is 31.5 Å².